The summed E-state index contributed by atoms with van der Waals surface area (Å²) in [5.41, 5.74) is 0.0323. The van der Waals surface area contributed by atoms with Gasteiger partial charge in [0.1, 0.15) is 0 Å². The first kappa shape index (κ1) is 19.0. The quantitative estimate of drug-likeness (QED) is 0.560. The maximum absolute atomic E-state index is 12.7. The van der Waals surface area contributed by atoms with Gasteiger partial charge in [-0.15, -0.1) is 10.2 Å². The lowest BCUT2D eigenvalue weighted by atomic mass is 10.2. The molecule has 1 fully saturated rings. The summed E-state index contributed by atoms with van der Waals surface area (Å²) < 4.78 is 43.0. The summed E-state index contributed by atoms with van der Waals surface area (Å²) in [7, 11) is 1.15. The van der Waals surface area contributed by atoms with Gasteiger partial charge in [-0.3, -0.25) is 9.69 Å². The van der Waals surface area contributed by atoms with E-state index in [2.05, 4.69) is 10.2 Å². The van der Waals surface area contributed by atoms with E-state index in [0.29, 0.717) is 4.90 Å². The Labute approximate surface area is 158 Å². The number of amides is 3. The van der Waals surface area contributed by atoms with Crippen molar-refractivity contribution >= 4 is 46.0 Å². The Morgan fingerprint density at radius 3 is 2.59 bits per heavy atom. The molecule has 1 aliphatic rings. The van der Waals surface area contributed by atoms with Crippen molar-refractivity contribution in [3.63, 3.8) is 0 Å². The highest BCUT2D eigenvalue weighted by Gasteiger charge is 2.49. The topological polar surface area (TPSA) is 92.7 Å². The predicted octanol–water partition coefficient (Wildman–Crippen LogP) is 2.79. The smallest absolute Gasteiger partial charge is 0.428 e. The molecule has 13 heteroatoms. The lowest BCUT2D eigenvalue weighted by Gasteiger charge is -2.16. The van der Waals surface area contributed by atoms with Crippen molar-refractivity contribution < 1.29 is 32.3 Å². The van der Waals surface area contributed by atoms with Crippen molar-refractivity contribution in [2.45, 2.75) is 12.4 Å². The van der Waals surface area contributed by atoms with Crippen LogP contribution in [-0.2, 0) is 15.7 Å². The number of rotatable bonds is 3. The zero-order valence-corrected chi connectivity index (χ0v) is 14.8. The first-order chi connectivity index (χ1) is 12.6. The molecule has 1 aromatic heterocycles. The third kappa shape index (κ3) is 3.57. The summed E-state index contributed by atoms with van der Waals surface area (Å²) in [5.74, 6) is -2.01. The van der Waals surface area contributed by atoms with Crippen LogP contribution < -0.4 is 4.90 Å². The first-order valence-corrected chi connectivity index (χ1v) is 8.27. The molecule has 1 atom stereocenters. The van der Waals surface area contributed by atoms with Crippen LogP contribution in [0.4, 0.5) is 23.1 Å². The number of halogens is 4. The van der Waals surface area contributed by atoms with Crippen LogP contribution in [0.15, 0.2) is 24.3 Å². The number of urea groups is 1. The van der Waals surface area contributed by atoms with Crippen molar-refractivity contribution in [1.82, 2.24) is 15.1 Å². The van der Waals surface area contributed by atoms with Gasteiger partial charge in [0.15, 0.2) is 0 Å². The summed E-state index contributed by atoms with van der Waals surface area (Å²) in [5, 5.41) is 4.51. The standard InChI is InChI=1S/C14H8ClF3N4O4S/c1-21-9(26-10(24)6-3-2-4-7(15)5-6)8(23)22(13(21)25)12-20-19-11(27-12)14(16,17)18/h2-5,9H,1H3. The number of benzene rings is 1. The molecule has 2 aromatic rings. The zero-order chi connectivity index (χ0) is 19.9. The number of carbonyl (C=O) groups is 3. The summed E-state index contributed by atoms with van der Waals surface area (Å²) in [6, 6.07) is 4.67. The SMILES string of the molecule is CN1C(=O)N(c2nnc(C(F)(F)F)s2)C(=O)C1OC(=O)c1cccc(Cl)c1. The van der Waals surface area contributed by atoms with Gasteiger partial charge in [-0.1, -0.05) is 29.0 Å². The largest absolute Gasteiger partial charge is 0.445 e. The van der Waals surface area contributed by atoms with Crippen LogP contribution in [0, 0.1) is 0 Å². The van der Waals surface area contributed by atoms with Gasteiger partial charge in [0.2, 0.25) is 10.1 Å². The number of likely N-dealkylation sites (N-methyl/N-ethyl adjacent to an activating group) is 1. The average molecular weight is 421 g/mol. The maximum Gasteiger partial charge on any atom is 0.445 e. The van der Waals surface area contributed by atoms with E-state index < -0.39 is 40.5 Å². The molecule has 0 saturated carbocycles. The molecule has 8 nitrogen and oxygen atoms in total. The highest BCUT2D eigenvalue weighted by Crippen LogP contribution is 2.36. The monoisotopic (exact) mass is 420 g/mol. The Morgan fingerprint density at radius 1 is 1.30 bits per heavy atom. The number of esters is 1. The second-order valence-electron chi connectivity index (χ2n) is 5.22. The Morgan fingerprint density at radius 2 is 2.00 bits per heavy atom. The van der Waals surface area contributed by atoms with Gasteiger partial charge in [0, 0.05) is 12.1 Å². The van der Waals surface area contributed by atoms with E-state index >= 15 is 0 Å². The molecule has 0 bridgehead atoms. The van der Waals surface area contributed by atoms with E-state index in [9.17, 15) is 27.6 Å². The van der Waals surface area contributed by atoms with Crippen LogP contribution in [-0.4, -0.2) is 46.3 Å². The molecule has 1 saturated heterocycles. The van der Waals surface area contributed by atoms with Gasteiger partial charge < -0.3 is 4.74 Å². The molecule has 2 heterocycles. The fourth-order valence-corrected chi connectivity index (χ4v) is 3.04. The van der Waals surface area contributed by atoms with Gasteiger partial charge in [-0.25, -0.2) is 9.59 Å². The second kappa shape index (κ2) is 6.78. The number of aromatic nitrogens is 2. The predicted molar refractivity (Wildman–Crippen MR) is 86.2 cm³/mol. The molecule has 3 amide bonds. The van der Waals surface area contributed by atoms with E-state index in [-0.39, 0.29) is 21.9 Å². The molecule has 142 valence electrons. The van der Waals surface area contributed by atoms with Gasteiger partial charge >= 0.3 is 18.2 Å². The number of imide groups is 1. The molecule has 3 rings (SSSR count). The van der Waals surface area contributed by atoms with E-state index in [1.165, 1.54) is 24.3 Å². The number of alkyl halides is 3. The minimum atomic E-state index is -4.77. The van der Waals surface area contributed by atoms with Gasteiger partial charge in [-0.2, -0.15) is 18.1 Å². The van der Waals surface area contributed by atoms with Gasteiger partial charge in [-0.05, 0) is 18.2 Å². The summed E-state index contributed by atoms with van der Waals surface area (Å²) in [6.07, 6.45) is -6.44. The number of carbonyl (C=O) groups excluding carboxylic acids is 3. The normalized spacial score (nSPS) is 17.6. The zero-order valence-electron chi connectivity index (χ0n) is 13.2. The molecular formula is C14H8ClF3N4O4S. The van der Waals surface area contributed by atoms with Crippen molar-refractivity contribution in [1.29, 1.82) is 0 Å². The van der Waals surface area contributed by atoms with Crippen LogP contribution in [0.25, 0.3) is 0 Å². The minimum absolute atomic E-state index is 0.0183. The van der Waals surface area contributed by atoms with Crippen LogP contribution in [0.3, 0.4) is 0 Å². The fraction of sp³-hybridized carbons (Fsp3) is 0.214. The van der Waals surface area contributed by atoms with Crippen molar-refractivity contribution in [3.05, 3.63) is 39.9 Å². The Hall–Kier alpha value is -2.73. The Balaban J connectivity index is 1.83. The molecule has 0 radical (unpaired) electrons. The third-order valence-corrected chi connectivity index (χ3v) is 4.59. The average Bonchev–Trinajstić information content (AvgIpc) is 3.15. The highest BCUT2D eigenvalue weighted by molar-refractivity contribution is 7.15. The molecule has 0 N–H and O–H groups in total. The van der Waals surface area contributed by atoms with Gasteiger partial charge in [0.05, 0.1) is 5.56 Å². The van der Waals surface area contributed by atoms with Crippen molar-refractivity contribution in [2.75, 3.05) is 11.9 Å². The number of ether oxygens (including phenoxy) is 1. The molecule has 27 heavy (non-hydrogen) atoms. The highest BCUT2D eigenvalue weighted by atomic mass is 35.5. The lowest BCUT2D eigenvalue weighted by molar-refractivity contribution is -0.138. The number of hydrogen-bond acceptors (Lipinski definition) is 7. The minimum Gasteiger partial charge on any atom is -0.428 e. The number of anilines is 1. The third-order valence-electron chi connectivity index (χ3n) is 3.40. The number of hydrogen-bond donors (Lipinski definition) is 0. The van der Waals surface area contributed by atoms with Crippen molar-refractivity contribution in [3.8, 4) is 0 Å². The lowest BCUT2D eigenvalue weighted by Crippen LogP contribution is -2.36. The van der Waals surface area contributed by atoms with Crippen LogP contribution in [0.1, 0.15) is 15.4 Å². The molecular weight excluding hydrogens is 413 g/mol. The summed E-state index contributed by atoms with van der Waals surface area (Å²) in [6.45, 7) is 0. The van der Waals surface area contributed by atoms with Crippen molar-refractivity contribution in [2.24, 2.45) is 0 Å². The summed E-state index contributed by atoms with van der Waals surface area (Å²) >= 11 is 5.79. The molecule has 1 unspecified atom stereocenters. The fourth-order valence-electron chi connectivity index (χ4n) is 2.14. The second-order valence-corrected chi connectivity index (χ2v) is 6.62. The van der Waals surface area contributed by atoms with Crippen LogP contribution in [0.5, 0.6) is 0 Å². The molecule has 0 aliphatic carbocycles. The van der Waals surface area contributed by atoms with Crippen LogP contribution >= 0.6 is 22.9 Å². The van der Waals surface area contributed by atoms with Crippen LogP contribution in [0.2, 0.25) is 5.02 Å². The number of nitrogens with zero attached hydrogens (tertiary/aromatic N) is 4. The maximum atomic E-state index is 12.7. The first-order valence-electron chi connectivity index (χ1n) is 7.07. The molecule has 1 aliphatic heterocycles. The van der Waals surface area contributed by atoms with E-state index in [0.717, 1.165) is 11.9 Å². The summed E-state index contributed by atoms with van der Waals surface area (Å²) in [4.78, 5) is 38.0. The Bertz CT molecular complexity index is 935. The molecule has 0 spiro atoms. The van der Waals surface area contributed by atoms with Gasteiger partial charge in [0.25, 0.3) is 12.1 Å². The molecule has 1 aromatic carbocycles. The Kier molecular flexibility index (Phi) is 4.78. The van der Waals surface area contributed by atoms with E-state index in [1.807, 2.05) is 0 Å². The van der Waals surface area contributed by atoms with E-state index in [4.69, 9.17) is 16.3 Å². The van der Waals surface area contributed by atoms with E-state index in [1.54, 1.807) is 0 Å².